The topological polar surface area (TPSA) is 37.3 Å². The molecule has 0 aromatic heterocycles. The molecule has 2 aliphatic rings. The van der Waals surface area contributed by atoms with Crippen molar-refractivity contribution in [3.8, 4) is 5.75 Å². The van der Waals surface area contributed by atoms with Gasteiger partial charge in [-0.3, -0.25) is 4.79 Å². The minimum atomic E-state index is -0.186. The first-order chi connectivity index (χ1) is 12.4. The molecule has 1 unspecified atom stereocenters. The van der Waals surface area contributed by atoms with Crippen LogP contribution in [0.1, 0.15) is 90.2 Å². The Balaban J connectivity index is 2.17. The van der Waals surface area contributed by atoms with Crippen LogP contribution in [-0.2, 0) is 11.2 Å². The van der Waals surface area contributed by atoms with E-state index in [0.717, 1.165) is 50.5 Å². The van der Waals surface area contributed by atoms with Crippen molar-refractivity contribution in [1.82, 2.24) is 0 Å². The summed E-state index contributed by atoms with van der Waals surface area (Å²) in [5.41, 5.74) is 4.63. The predicted molar refractivity (Wildman–Crippen MR) is 108 cm³/mol. The largest absolute Gasteiger partial charge is 0.508 e. The number of phenolic OH excluding ortho intramolecular Hbond substituents is 1. The van der Waals surface area contributed by atoms with Crippen LogP contribution in [0, 0.1) is 10.8 Å². The summed E-state index contributed by atoms with van der Waals surface area (Å²) in [7, 11) is 0. The molecule has 3 rings (SSSR count). The fourth-order valence-electron chi connectivity index (χ4n) is 6.00. The van der Waals surface area contributed by atoms with Gasteiger partial charge in [-0.1, -0.05) is 52.5 Å². The summed E-state index contributed by atoms with van der Waals surface area (Å²) in [6, 6.07) is 5.74. The molecular formula is C24H34O2. The van der Waals surface area contributed by atoms with Crippen LogP contribution in [0.2, 0.25) is 0 Å². The molecule has 2 aliphatic carbocycles. The van der Waals surface area contributed by atoms with Gasteiger partial charge >= 0.3 is 0 Å². The van der Waals surface area contributed by atoms with Crippen LogP contribution >= 0.6 is 0 Å². The maximum atomic E-state index is 13.6. The van der Waals surface area contributed by atoms with E-state index in [1.807, 2.05) is 12.1 Å². The number of hydrogen-bond donors (Lipinski definition) is 1. The fraction of sp³-hybridized carbons (Fsp3) is 0.625. The number of unbranched alkanes of at least 4 members (excludes halogenated alkanes) is 1. The highest BCUT2D eigenvalue weighted by Gasteiger charge is 2.54. The number of Topliss-reactive ketones (excluding diaryl/α,β-unsaturated/α-hetero) is 1. The van der Waals surface area contributed by atoms with Gasteiger partial charge in [0.05, 0.1) is 0 Å². The Labute approximate surface area is 158 Å². The molecule has 0 heterocycles. The van der Waals surface area contributed by atoms with E-state index in [0.29, 0.717) is 11.5 Å². The Kier molecular flexibility index (Phi) is 5.33. The first kappa shape index (κ1) is 19.2. The van der Waals surface area contributed by atoms with Gasteiger partial charge < -0.3 is 5.11 Å². The van der Waals surface area contributed by atoms with Crippen molar-refractivity contribution in [2.75, 3.05) is 0 Å². The zero-order valence-corrected chi connectivity index (χ0v) is 17.0. The Hall–Kier alpha value is -1.57. The van der Waals surface area contributed by atoms with Gasteiger partial charge in [-0.2, -0.15) is 0 Å². The summed E-state index contributed by atoms with van der Waals surface area (Å²) in [6.07, 6.45) is 9.61. The molecule has 1 aromatic carbocycles. The minimum absolute atomic E-state index is 0.0778. The number of ketones is 1. The average molecular weight is 355 g/mol. The maximum absolute atomic E-state index is 13.6. The summed E-state index contributed by atoms with van der Waals surface area (Å²) >= 11 is 0. The molecule has 0 aliphatic heterocycles. The van der Waals surface area contributed by atoms with Crippen molar-refractivity contribution in [3.63, 3.8) is 0 Å². The van der Waals surface area contributed by atoms with E-state index in [1.54, 1.807) is 6.07 Å². The monoisotopic (exact) mass is 354 g/mol. The second-order valence-corrected chi connectivity index (χ2v) is 8.69. The lowest BCUT2D eigenvalue weighted by molar-refractivity contribution is -0.128. The number of phenols is 1. The van der Waals surface area contributed by atoms with Gasteiger partial charge in [-0.25, -0.2) is 0 Å². The normalized spacial score (nSPS) is 23.9. The number of fused-ring (bicyclic) bond motifs is 3. The zero-order valence-electron chi connectivity index (χ0n) is 17.0. The quantitative estimate of drug-likeness (QED) is 0.610. The molecule has 1 aromatic rings. The number of allylic oxidation sites excluding steroid dienone is 2. The van der Waals surface area contributed by atoms with Gasteiger partial charge in [-0.15, -0.1) is 0 Å². The standard InChI is InChI=1S/C24H34O2/c1-5-8-13-24-15-18-14-19(25)9-10-20(18)21(24)17(4)22(26)23(16-24,11-6-2)12-7-3/h9-10,14,25H,5-8,11-13,15-16H2,1-4H3. The number of rotatable bonds is 7. The van der Waals surface area contributed by atoms with Crippen LogP contribution in [0.5, 0.6) is 5.75 Å². The molecule has 1 N–H and O–H groups in total. The summed E-state index contributed by atoms with van der Waals surface area (Å²) in [6.45, 7) is 8.73. The summed E-state index contributed by atoms with van der Waals surface area (Å²) in [5, 5.41) is 10.00. The molecule has 2 heteroatoms. The van der Waals surface area contributed by atoms with Gasteiger partial charge in [0.25, 0.3) is 0 Å². The van der Waals surface area contributed by atoms with Crippen LogP contribution in [0.4, 0.5) is 0 Å². The van der Waals surface area contributed by atoms with Crippen molar-refractivity contribution < 1.29 is 9.90 Å². The molecule has 0 saturated heterocycles. The molecule has 0 saturated carbocycles. The van der Waals surface area contributed by atoms with Gasteiger partial charge in [0.2, 0.25) is 0 Å². The van der Waals surface area contributed by atoms with Gasteiger partial charge in [0.1, 0.15) is 5.75 Å². The van der Waals surface area contributed by atoms with Crippen LogP contribution in [0.15, 0.2) is 23.8 Å². The lowest BCUT2D eigenvalue weighted by Crippen LogP contribution is -2.43. The molecule has 0 spiro atoms. The second-order valence-electron chi connectivity index (χ2n) is 8.69. The third-order valence-corrected chi connectivity index (χ3v) is 6.76. The average Bonchev–Trinajstić information content (AvgIpc) is 2.91. The van der Waals surface area contributed by atoms with E-state index < -0.39 is 0 Å². The van der Waals surface area contributed by atoms with Gasteiger partial charge in [0.15, 0.2) is 5.78 Å². The van der Waals surface area contributed by atoms with E-state index in [4.69, 9.17) is 0 Å². The molecule has 0 amide bonds. The van der Waals surface area contributed by atoms with E-state index in [9.17, 15) is 9.90 Å². The number of aromatic hydroxyl groups is 1. The molecule has 2 nitrogen and oxygen atoms in total. The van der Waals surface area contributed by atoms with Crippen LogP contribution < -0.4 is 0 Å². The molecule has 1 atom stereocenters. The highest BCUT2D eigenvalue weighted by atomic mass is 16.3. The Morgan fingerprint density at radius 3 is 2.35 bits per heavy atom. The van der Waals surface area contributed by atoms with E-state index >= 15 is 0 Å². The fourth-order valence-corrected chi connectivity index (χ4v) is 6.00. The van der Waals surface area contributed by atoms with Crippen molar-refractivity contribution >= 4 is 11.4 Å². The number of carbonyl (C=O) groups excluding carboxylic acids is 1. The van der Waals surface area contributed by atoms with Gasteiger partial charge in [-0.05, 0) is 73.4 Å². The first-order valence-electron chi connectivity index (χ1n) is 10.5. The Morgan fingerprint density at radius 2 is 1.73 bits per heavy atom. The third kappa shape index (κ3) is 2.92. The molecule has 0 radical (unpaired) electrons. The molecule has 142 valence electrons. The molecule has 26 heavy (non-hydrogen) atoms. The summed E-state index contributed by atoms with van der Waals surface area (Å²) in [5.74, 6) is 0.732. The first-order valence-corrected chi connectivity index (χ1v) is 10.5. The van der Waals surface area contributed by atoms with Crippen molar-refractivity contribution in [2.24, 2.45) is 10.8 Å². The van der Waals surface area contributed by atoms with Crippen molar-refractivity contribution in [3.05, 3.63) is 34.9 Å². The summed E-state index contributed by atoms with van der Waals surface area (Å²) in [4.78, 5) is 13.6. The minimum Gasteiger partial charge on any atom is -0.508 e. The van der Waals surface area contributed by atoms with Crippen LogP contribution in [-0.4, -0.2) is 10.9 Å². The van der Waals surface area contributed by atoms with Crippen molar-refractivity contribution in [2.45, 2.75) is 85.5 Å². The van der Waals surface area contributed by atoms with E-state index in [2.05, 4.69) is 27.7 Å². The highest BCUT2D eigenvalue weighted by Crippen LogP contribution is 2.62. The van der Waals surface area contributed by atoms with Crippen molar-refractivity contribution in [1.29, 1.82) is 0 Å². The third-order valence-electron chi connectivity index (χ3n) is 6.76. The predicted octanol–water partition coefficient (Wildman–Crippen LogP) is 6.46. The Morgan fingerprint density at radius 1 is 1.04 bits per heavy atom. The second kappa shape index (κ2) is 7.21. The zero-order chi connectivity index (χ0) is 18.9. The van der Waals surface area contributed by atoms with Crippen LogP contribution in [0.25, 0.3) is 5.57 Å². The highest BCUT2D eigenvalue weighted by molar-refractivity contribution is 6.09. The molecule has 0 bridgehead atoms. The maximum Gasteiger partial charge on any atom is 0.165 e. The SMILES string of the molecule is CCCCC12Cc3cc(O)ccc3C1=C(C)C(=O)C(CCC)(CCC)C2. The smallest absolute Gasteiger partial charge is 0.165 e. The molecule has 0 fully saturated rings. The molecular weight excluding hydrogens is 320 g/mol. The lowest BCUT2D eigenvalue weighted by Gasteiger charge is -2.47. The van der Waals surface area contributed by atoms with Gasteiger partial charge in [0, 0.05) is 10.8 Å². The number of benzene rings is 1. The lowest BCUT2D eigenvalue weighted by atomic mass is 9.55. The van der Waals surface area contributed by atoms with E-state index in [1.165, 1.54) is 29.5 Å². The number of carbonyl (C=O) groups is 1. The number of hydrogen-bond acceptors (Lipinski definition) is 2. The Bertz CT molecular complexity index is 722. The van der Waals surface area contributed by atoms with Crippen LogP contribution in [0.3, 0.4) is 0 Å². The summed E-state index contributed by atoms with van der Waals surface area (Å²) < 4.78 is 0. The van der Waals surface area contributed by atoms with E-state index in [-0.39, 0.29) is 10.8 Å².